The fraction of sp³-hybridized carbons (Fsp3) is 0.241. The van der Waals surface area contributed by atoms with Gasteiger partial charge in [0.25, 0.3) is 11.7 Å². The number of aliphatic hydroxyl groups is 1. The van der Waals surface area contributed by atoms with Crippen LogP contribution in [0, 0.1) is 13.8 Å². The van der Waals surface area contributed by atoms with Crippen molar-refractivity contribution in [3.8, 4) is 5.75 Å². The van der Waals surface area contributed by atoms with Crippen LogP contribution in [0.4, 0.5) is 5.69 Å². The number of aliphatic hydroxyl groups excluding tert-OH is 1. The first-order valence-corrected chi connectivity index (χ1v) is 11.4. The number of ketones is 1. The molecule has 1 amide bonds. The predicted molar refractivity (Wildman–Crippen MR) is 134 cm³/mol. The fourth-order valence-electron chi connectivity index (χ4n) is 4.62. The number of carbonyl (C=O) groups excluding carboxylic acids is 2. The van der Waals surface area contributed by atoms with Crippen molar-refractivity contribution in [2.75, 3.05) is 12.0 Å². The van der Waals surface area contributed by atoms with Crippen LogP contribution in [-0.4, -0.2) is 23.9 Å². The lowest BCUT2D eigenvalue weighted by Gasteiger charge is -2.26. The lowest BCUT2D eigenvalue weighted by Crippen LogP contribution is -2.29. The second kappa shape index (κ2) is 9.18. The number of carbonyl (C=O) groups is 2. The van der Waals surface area contributed by atoms with Crippen LogP contribution < -0.4 is 9.64 Å². The van der Waals surface area contributed by atoms with E-state index in [9.17, 15) is 14.7 Å². The van der Waals surface area contributed by atoms with E-state index in [0.29, 0.717) is 22.9 Å². The van der Waals surface area contributed by atoms with Gasteiger partial charge in [0.2, 0.25) is 0 Å². The van der Waals surface area contributed by atoms with Crippen molar-refractivity contribution in [3.63, 3.8) is 0 Å². The number of amides is 1. The molecule has 0 radical (unpaired) electrons. The Bertz CT molecular complexity index is 1270. The van der Waals surface area contributed by atoms with Crippen LogP contribution in [0.2, 0.25) is 0 Å². The maximum absolute atomic E-state index is 13.4. The molecule has 1 heterocycles. The molecule has 1 aliphatic heterocycles. The molecule has 1 N–H and O–H groups in total. The van der Waals surface area contributed by atoms with Crippen molar-refractivity contribution >= 4 is 23.1 Å². The zero-order valence-electron chi connectivity index (χ0n) is 20.1. The first-order valence-electron chi connectivity index (χ1n) is 11.4. The Morgan fingerprint density at radius 2 is 1.62 bits per heavy atom. The van der Waals surface area contributed by atoms with Gasteiger partial charge in [0.05, 0.1) is 24.3 Å². The number of hydrogen-bond donors (Lipinski definition) is 1. The van der Waals surface area contributed by atoms with Crippen LogP contribution in [-0.2, 0) is 9.59 Å². The molecular formula is C29H29NO4. The maximum Gasteiger partial charge on any atom is 0.300 e. The highest BCUT2D eigenvalue weighted by molar-refractivity contribution is 6.51. The van der Waals surface area contributed by atoms with Gasteiger partial charge in [-0.3, -0.25) is 14.5 Å². The Morgan fingerprint density at radius 1 is 0.971 bits per heavy atom. The summed E-state index contributed by atoms with van der Waals surface area (Å²) in [5.74, 6) is -0.817. The largest absolute Gasteiger partial charge is 0.507 e. The Labute approximate surface area is 200 Å². The summed E-state index contributed by atoms with van der Waals surface area (Å²) in [4.78, 5) is 28.2. The molecular weight excluding hydrogens is 426 g/mol. The molecule has 0 aromatic heterocycles. The third-order valence-electron chi connectivity index (χ3n) is 6.28. The Kier molecular flexibility index (Phi) is 6.29. The summed E-state index contributed by atoms with van der Waals surface area (Å²) in [5, 5.41) is 11.5. The number of benzene rings is 3. The monoisotopic (exact) mass is 455 g/mol. The zero-order chi connectivity index (χ0) is 24.6. The molecule has 0 spiro atoms. The quantitative estimate of drug-likeness (QED) is 0.288. The van der Waals surface area contributed by atoms with Crippen molar-refractivity contribution in [2.45, 2.75) is 39.7 Å². The number of nitrogens with zero attached hydrogens (tertiary/aromatic N) is 1. The van der Waals surface area contributed by atoms with Crippen LogP contribution >= 0.6 is 0 Å². The summed E-state index contributed by atoms with van der Waals surface area (Å²) in [6.45, 7) is 7.99. The van der Waals surface area contributed by atoms with Gasteiger partial charge in [-0.25, -0.2) is 0 Å². The first-order chi connectivity index (χ1) is 16.2. The summed E-state index contributed by atoms with van der Waals surface area (Å²) >= 11 is 0. The van der Waals surface area contributed by atoms with Gasteiger partial charge in [0, 0.05) is 5.69 Å². The highest BCUT2D eigenvalue weighted by Gasteiger charge is 2.47. The van der Waals surface area contributed by atoms with Crippen molar-refractivity contribution < 1.29 is 19.4 Å². The normalized spacial score (nSPS) is 17.5. The van der Waals surface area contributed by atoms with Gasteiger partial charge < -0.3 is 9.84 Å². The van der Waals surface area contributed by atoms with E-state index in [1.54, 1.807) is 6.07 Å². The van der Waals surface area contributed by atoms with Gasteiger partial charge >= 0.3 is 0 Å². The molecule has 0 bridgehead atoms. The second-order valence-corrected chi connectivity index (χ2v) is 8.99. The number of aryl methyl sites for hydroxylation is 2. The van der Waals surface area contributed by atoms with E-state index < -0.39 is 17.7 Å². The SMILES string of the molecule is COc1c(C)cc(C)cc1/C(O)=C1\C(=O)C(=O)N(c2ccc(C(C)C)cc2)C1c1ccccc1. The van der Waals surface area contributed by atoms with E-state index in [1.807, 2.05) is 74.5 Å². The third kappa shape index (κ3) is 3.98. The number of Topliss-reactive ketones (excluding diaryl/α,β-unsaturated/α-hetero) is 1. The molecule has 0 saturated carbocycles. The van der Waals surface area contributed by atoms with Gasteiger partial charge in [-0.1, -0.05) is 62.4 Å². The fourth-order valence-corrected chi connectivity index (χ4v) is 4.62. The highest BCUT2D eigenvalue weighted by Crippen LogP contribution is 2.44. The van der Waals surface area contributed by atoms with Crippen LogP contribution in [0.5, 0.6) is 5.75 Å². The molecule has 1 atom stereocenters. The van der Waals surface area contributed by atoms with Crippen LogP contribution in [0.15, 0.2) is 72.3 Å². The standard InChI is InChI=1S/C29H29NO4/c1-17(2)20-11-13-22(14-12-20)30-25(21-9-7-6-8-10-21)24(27(32)29(30)33)26(31)23-16-18(3)15-19(4)28(23)34-5/h6-17,25,31H,1-5H3/b26-24+. The number of anilines is 1. The molecule has 5 nitrogen and oxygen atoms in total. The molecule has 1 unspecified atom stereocenters. The van der Waals surface area contributed by atoms with Gasteiger partial charge in [-0.2, -0.15) is 0 Å². The molecule has 1 aliphatic rings. The molecule has 0 aliphatic carbocycles. The van der Waals surface area contributed by atoms with Crippen molar-refractivity contribution in [2.24, 2.45) is 0 Å². The van der Waals surface area contributed by atoms with E-state index >= 15 is 0 Å². The Morgan fingerprint density at radius 3 is 2.21 bits per heavy atom. The number of hydrogen-bond acceptors (Lipinski definition) is 4. The van der Waals surface area contributed by atoms with Crippen molar-refractivity contribution in [1.29, 1.82) is 0 Å². The average Bonchev–Trinajstić information content (AvgIpc) is 3.09. The topological polar surface area (TPSA) is 66.8 Å². The summed E-state index contributed by atoms with van der Waals surface area (Å²) in [5.41, 5.74) is 4.66. The summed E-state index contributed by atoms with van der Waals surface area (Å²) in [6, 6.07) is 19.9. The van der Waals surface area contributed by atoms with E-state index in [4.69, 9.17) is 4.74 Å². The smallest absolute Gasteiger partial charge is 0.300 e. The number of ether oxygens (including phenoxy) is 1. The lowest BCUT2D eigenvalue weighted by molar-refractivity contribution is -0.132. The predicted octanol–water partition coefficient (Wildman–Crippen LogP) is 6.06. The minimum atomic E-state index is -0.767. The minimum absolute atomic E-state index is 0.0486. The van der Waals surface area contributed by atoms with Gasteiger partial charge in [-0.15, -0.1) is 0 Å². The van der Waals surface area contributed by atoms with Gasteiger partial charge in [-0.05, 0) is 60.2 Å². The Balaban J connectivity index is 1.96. The average molecular weight is 456 g/mol. The lowest BCUT2D eigenvalue weighted by atomic mass is 9.93. The highest BCUT2D eigenvalue weighted by atomic mass is 16.5. The third-order valence-corrected chi connectivity index (χ3v) is 6.28. The Hall–Kier alpha value is -3.86. The summed E-state index contributed by atoms with van der Waals surface area (Å²) < 4.78 is 5.56. The van der Waals surface area contributed by atoms with Crippen LogP contribution in [0.3, 0.4) is 0 Å². The van der Waals surface area contributed by atoms with E-state index in [1.165, 1.54) is 12.0 Å². The molecule has 4 rings (SSSR count). The molecule has 1 saturated heterocycles. The molecule has 34 heavy (non-hydrogen) atoms. The molecule has 5 heteroatoms. The van der Waals surface area contributed by atoms with E-state index in [2.05, 4.69) is 13.8 Å². The van der Waals surface area contributed by atoms with Gasteiger partial charge in [0.15, 0.2) is 0 Å². The number of methoxy groups -OCH3 is 1. The van der Waals surface area contributed by atoms with Crippen LogP contribution in [0.1, 0.15) is 53.6 Å². The molecule has 3 aromatic rings. The van der Waals surface area contributed by atoms with Crippen molar-refractivity contribution in [1.82, 2.24) is 0 Å². The van der Waals surface area contributed by atoms with Crippen molar-refractivity contribution in [3.05, 3.63) is 100 Å². The zero-order valence-corrected chi connectivity index (χ0v) is 20.1. The second-order valence-electron chi connectivity index (χ2n) is 8.99. The first kappa shape index (κ1) is 23.3. The van der Waals surface area contributed by atoms with E-state index in [0.717, 1.165) is 22.3 Å². The number of rotatable bonds is 5. The molecule has 3 aromatic carbocycles. The maximum atomic E-state index is 13.4. The molecule has 1 fully saturated rings. The van der Waals surface area contributed by atoms with E-state index in [-0.39, 0.29) is 11.3 Å². The summed E-state index contributed by atoms with van der Waals surface area (Å²) in [7, 11) is 1.53. The molecule has 174 valence electrons. The van der Waals surface area contributed by atoms with Crippen LogP contribution in [0.25, 0.3) is 5.76 Å². The summed E-state index contributed by atoms with van der Waals surface area (Å²) in [6.07, 6.45) is 0. The minimum Gasteiger partial charge on any atom is -0.507 e. The van der Waals surface area contributed by atoms with Gasteiger partial charge in [0.1, 0.15) is 11.5 Å².